The molecule has 0 bridgehead atoms. The Bertz CT molecular complexity index is 902. The number of benzene rings is 1. The maximum atomic E-state index is 12.0. The minimum atomic E-state index is -0.154. The predicted molar refractivity (Wildman–Crippen MR) is 84.7 cm³/mol. The summed E-state index contributed by atoms with van der Waals surface area (Å²) in [5, 5.41) is 5.95. The van der Waals surface area contributed by atoms with Crippen LogP contribution in [-0.2, 0) is 4.79 Å². The summed E-state index contributed by atoms with van der Waals surface area (Å²) in [5.41, 5.74) is 3.39. The van der Waals surface area contributed by atoms with Crippen molar-refractivity contribution < 1.29 is 9.21 Å². The molecule has 0 N–H and O–H groups in total. The number of fused-ring (bicyclic) bond motifs is 1. The van der Waals surface area contributed by atoms with Gasteiger partial charge in [-0.25, -0.2) is 5.01 Å². The summed E-state index contributed by atoms with van der Waals surface area (Å²) in [6.45, 7) is 1.52. The Morgan fingerprint density at radius 1 is 1.22 bits per heavy atom. The molecule has 0 spiro atoms. The molecule has 1 atom stereocenters. The average Bonchev–Trinajstić information content (AvgIpc) is 3.23. The van der Waals surface area contributed by atoms with E-state index in [1.54, 1.807) is 18.7 Å². The van der Waals surface area contributed by atoms with Gasteiger partial charge in [0.15, 0.2) is 0 Å². The first-order valence-electron chi connectivity index (χ1n) is 7.34. The Balaban J connectivity index is 1.73. The first-order chi connectivity index (χ1) is 11.2. The highest BCUT2D eigenvalue weighted by Gasteiger charge is 2.32. The number of hydrogen-bond donors (Lipinski definition) is 0. The lowest BCUT2D eigenvalue weighted by molar-refractivity contribution is -0.130. The monoisotopic (exact) mass is 306 g/mol. The van der Waals surface area contributed by atoms with Crippen LogP contribution in [0, 0.1) is 0 Å². The van der Waals surface area contributed by atoms with E-state index < -0.39 is 0 Å². The molecule has 0 saturated heterocycles. The Labute approximate surface area is 132 Å². The van der Waals surface area contributed by atoms with E-state index in [1.807, 2.05) is 30.3 Å². The molecule has 114 valence electrons. The molecule has 3 aromatic rings. The topological polar surface area (TPSA) is 71.6 Å². The van der Waals surface area contributed by atoms with Gasteiger partial charge in [0.05, 0.1) is 23.3 Å². The summed E-state index contributed by atoms with van der Waals surface area (Å²) in [4.78, 5) is 20.6. The normalized spacial score (nSPS) is 17.5. The fourth-order valence-electron chi connectivity index (χ4n) is 2.84. The summed E-state index contributed by atoms with van der Waals surface area (Å²) in [6.07, 6.45) is 5.54. The highest BCUT2D eigenvalue weighted by atomic mass is 16.3. The van der Waals surface area contributed by atoms with Gasteiger partial charge >= 0.3 is 0 Å². The second kappa shape index (κ2) is 5.31. The van der Waals surface area contributed by atoms with Crippen molar-refractivity contribution in [2.24, 2.45) is 5.10 Å². The first-order valence-corrected chi connectivity index (χ1v) is 7.34. The van der Waals surface area contributed by atoms with Gasteiger partial charge in [0.25, 0.3) is 0 Å². The standard InChI is InChI=1S/C17H14N4O2/c1-11(22)21-16(10-15(20-21)17-3-2-8-23-17)12-4-5-13-14(9-12)19-7-6-18-13/h2-9,16H,10H2,1H3. The van der Waals surface area contributed by atoms with Crippen LogP contribution in [0.15, 0.2) is 58.5 Å². The molecule has 3 heterocycles. The van der Waals surface area contributed by atoms with E-state index in [-0.39, 0.29) is 11.9 Å². The summed E-state index contributed by atoms with van der Waals surface area (Å²) < 4.78 is 5.41. The molecule has 0 saturated carbocycles. The van der Waals surface area contributed by atoms with Crippen LogP contribution >= 0.6 is 0 Å². The van der Waals surface area contributed by atoms with Crippen molar-refractivity contribution >= 4 is 22.7 Å². The van der Waals surface area contributed by atoms with Crippen LogP contribution < -0.4 is 0 Å². The highest BCUT2D eigenvalue weighted by molar-refractivity contribution is 6.01. The minimum absolute atomic E-state index is 0.101. The summed E-state index contributed by atoms with van der Waals surface area (Å²) in [7, 11) is 0. The Morgan fingerprint density at radius 2 is 2.04 bits per heavy atom. The number of hydrogen-bond acceptors (Lipinski definition) is 5. The molecule has 1 aromatic carbocycles. The Hall–Kier alpha value is -3.02. The molecule has 6 nitrogen and oxygen atoms in total. The van der Waals surface area contributed by atoms with Crippen LogP contribution in [0.3, 0.4) is 0 Å². The van der Waals surface area contributed by atoms with Gasteiger partial charge in [-0.3, -0.25) is 14.8 Å². The maximum Gasteiger partial charge on any atom is 0.240 e. The second-order valence-electron chi connectivity index (χ2n) is 5.41. The number of rotatable bonds is 2. The van der Waals surface area contributed by atoms with Crippen molar-refractivity contribution in [2.45, 2.75) is 19.4 Å². The Morgan fingerprint density at radius 3 is 2.78 bits per heavy atom. The van der Waals surface area contributed by atoms with E-state index in [9.17, 15) is 4.79 Å². The van der Waals surface area contributed by atoms with Gasteiger partial charge in [0.1, 0.15) is 11.5 Å². The molecule has 0 aliphatic carbocycles. The molecule has 1 unspecified atom stereocenters. The van der Waals surface area contributed by atoms with Crippen molar-refractivity contribution in [3.63, 3.8) is 0 Å². The van der Waals surface area contributed by atoms with Crippen LogP contribution in [0.4, 0.5) is 0 Å². The molecular formula is C17H14N4O2. The number of aromatic nitrogens is 2. The number of furan rings is 1. The second-order valence-corrected chi connectivity index (χ2v) is 5.41. The number of amides is 1. The predicted octanol–water partition coefficient (Wildman–Crippen LogP) is 2.92. The van der Waals surface area contributed by atoms with Crippen molar-refractivity contribution in [1.29, 1.82) is 0 Å². The lowest BCUT2D eigenvalue weighted by Crippen LogP contribution is -2.24. The van der Waals surface area contributed by atoms with Crippen molar-refractivity contribution in [3.8, 4) is 0 Å². The zero-order valence-electron chi connectivity index (χ0n) is 12.5. The van der Waals surface area contributed by atoms with Gasteiger partial charge < -0.3 is 4.42 Å². The molecule has 1 aliphatic heterocycles. The van der Waals surface area contributed by atoms with Crippen LogP contribution in [0.5, 0.6) is 0 Å². The van der Waals surface area contributed by atoms with Crippen molar-refractivity contribution in [1.82, 2.24) is 15.0 Å². The maximum absolute atomic E-state index is 12.0. The van der Waals surface area contributed by atoms with E-state index in [0.29, 0.717) is 12.2 Å². The molecule has 0 fully saturated rings. The summed E-state index contributed by atoms with van der Waals surface area (Å²) >= 11 is 0. The third-order valence-corrected chi connectivity index (χ3v) is 3.92. The van der Waals surface area contributed by atoms with Gasteiger partial charge in [-0.2, -0.15) is 5.10 Å². The van der Waals surface area contributed by atoms with Crippen molar-refractivity contribution in [2.75, 3.05) is 0 Å². The molecule has 4 rings (SSSR count). The minimum Gasteiger partial charge on any atom is -0.463 e. The summed E-state index contributed by atoms with van der Waals surface area (Å²) in [6, 6.07) is 9.36. The van der Waals surface area contributed by atoms with Gasteiger partial charge in [-0.1, -0.05) is 6.07 Å². The zero-order chi connectivity index (χ0) is 15.8. The first kappa shape index (κ1) is 13.6. The van der Waals surface area contributed by atoms with Crippen LogP contribution in [0.1, 0.15) is 30.7 Å². The molecule has 6 heteroatoms. The van der Waals surface area contributed by atoms with E-state index in [4.69, 9.17) is 4.42 Å². The molecule has 2 aromatic heterocycles. The van der Waals surface area contributed by atoms with Gasteiger partial charge in [-0.05, 0) is 29.8 Å². The van der Waals surface area contributed by atoms with Gasteiger partial charge in [-0.15, -0.1) is 0 Å². The summed E-state index contributed by atoms with van der Waals surface area (Å²) in [5.74, 6) is 0.593. The van der Waals surface area contributed by atoms with Crippen LogP contribution in [0.2, 0.25) is 0 Å². The SMILES string of the molecule is CC(=O)N1N=C(c2ccco2)CC1c1ccc2nccnc2c1. The third kappa shape index (κ3) is 2.38. The van der Waals surface area contributed by atoms with Gasteiger partial charge in [0.2, 0.25) is 5.91 Å². The smallest absolute Gasteiger partial charge is 0.240 e. The molecule has 23 heavy (non-hydrogen) atoms. The molecule has 1 aliphatic rings. The average molecular weight is 306 g/mol. The lowest BCUT2D eigenvalue weighted by Gasteiger charge is -2.20. The van der Waals surface area contributed by atoms with Crippen molar-refractivity contribution in [3.05, 3.63) is 60.3 Å². The van der Waals surface area contributed by atoms with E-state index in [0.717, 1.165) is 22.3 Å². The molecular weight excluding hydrogens is 292 g/mol. The van der Waals surface area contributed by atoms with E-state index >= 15 is 0 Å². The van der Waals surface area contributed by atoms with E-state index in [1.165, 1.54) is 11.9 Å². The zero-order valence-corrected chi connectivity index (χ0v) is 12.5. The lowest BCUT2D eigenvalue weighted by atomic mass is 10.0. The molecule has 0 radical (unpaired) electrons. The number of carbonyl (C=O) groups excluding carboxylic acids is 1. The fraction of sp³-hybridized carbons (Fsp3) is 0.176. The number of nitrogens with zero attached hydrogens (tertiary/aromatic N) is 4. The quantitative estimate of drug-likeness (QED) is 0.730. The highest BCUT2D eigenvalue weighted by Crippen LogP contribution is 2.33. The Kier molecular flexibility index (Phi) is 3.15. The third-order valence-electron chi connectivity index (χ3n) is 3.92. The van der Waals surface area contributed by atoms with Crippen LogP contribution in [0.25, 0.3) is 11.0 Å². The number of hydrazone groups is 1. The van der Waals surface area contributed by atoms with Crippen LogP contribution in [-0.4, -0.2) is 26.6 Å². The fourth-order valence-corrected chi connectivity index (χ4v) is 2.84. The number of carbonyl (C=O) groups is 1. The van der Waals surface area contributed by atoms with Gasteiger partial charge in [0, 0.05) is 25.7 Å². The largest absolute Gasteiger partial charge is 0.463 e. The van der Waals surface area contributed by atoms with E-state index in [2.05, 4.69) is 15.1 Å². The molecule has 1 amide bonds.